The lowest BCUT2D eigenvalue weighted by Crippen LogP contribution is -2.42. The molecule has 5 nitrogen and oxygen atoms in total. The Balaban J connectivity index is 1.98. The summed E-state index contributed by atoms with van der Waals surface area (Å²) in [6, 6.07) is 8.53. The average molecular weight is 248 g/mol. The largest absolute Gasteiger partial charge is 0.497 e. The van der Waals surface area contributed by atoms with Gasteiger partial charge in [0.2, 0.25) is 5.96 Å². The summed E-state index contributed by atoms with van der Waals surface area (Å²) in [5.41, 5.74) is 3.77. The minimum atomic E-state index is 0.143. The van der Waals surface area contributed by atoms with Gasteiger partial charge in [0.1, 0.15) is 5.75 Å². The van der Waals surface area contributed by atoms with Gasteiger partial charge in [-0.1, -0.05) is 12.1 Å². The number of benzene rings is 1. The van der Waals surface area contributed by atoms with Crippen molar-refractivity contribution in [2.75, 3.05) is 7.11 Å². The molecule has 0 amide bonds. The SMILES string of the molecule is COc1ccc(C(C)NC(=NC2CC2)NN)cc1. The van der Waals surface area contributed by atoms with Gasteiger partial charge in [0.25, 0.3) is 0 Å². The second-order valence-electron chi connectivity index (χ2n) is 4.49. The number of nitrogens with one attached hydrogen (secondary N) is 2. The number of hydrogen-bond donors (Lipinski definition) is 3. The fourth-order valence-corrected chi connectivity index (χ4v) is 1.68. The Hall–Kier alpha value is -1.75. The first-order valence-electron chi connectivity index (χ1n) is 6.18. The van der Waals surface area contributed by atoms with E-state index < -0.39 is 0 Å². The molecule has 0 radical (unpaired) electrons. The molecule has 2 rings (SSSR count). The Morgan fingerprint density at radius 3 is 2.56 bits per heavy atom. The van der Waals surface area contributed by atoms with Crippen molar-refractivity contribution in [1.82, 2.24) is 10.7 Å². The number of hydrogen-bond acceptors (Lipinski definition) is 3. The predicted molar refractivity (Wildman–Crippen MR) is 72.3 cm³/mol. The third kappa shape index (κ3) is 3.37. The molecule has 1 fully saturated rings. The second-order valence-corrected chi connectivity index (χ2v) is 4.49. The van der Waals surface area contributed by atoms with Crippen molar-refractivity contribution in [3.63, 3.8) is 0 Å². The van der Waals surface area contributed by atoms with Gasteiger partial charge >= 0.3 is 0 Å². The van der Waals surface area contributed by atoms with Gasteiger partial charge in [-0.15, -0.1) is 0 Å². The number of nitrogens with two attached hydrogens (primary N) is 1. The van der Waals surface area contributed by atoms with E-state index in [2.05, 4.69) is 22.7 Å². The third-order valence-corrected chi connectivity index (χ3v) is 2.96. The molecule has 4 N–H and O–H groups in total. The Bertz CT molecular complexity index is 412. The highest BCUT2D eigenvalue weighted by Crippen LogP contribution is 2.23. The summed E-state index contributed by atoms with van der Waals surface area (Å²) in [4.78, 5) is 4.45. The fourth-order valence-electron chi connectivity index (χ4n) is 1.68. The first kappa shape index (κ1) is 12.7. The molecule has 0 aliphatic heterocycles. The molecular formula is C13H20N4O. The lowest BCUT2D eigenvalue weighted by molar-refractivity contribution is 0.414. The summed E-state index contributed by atoms with van der Waals surface area (Å²) in [5, 5.41) is 3.26. The standard InChI is InChI=1S/C13H20N4O/c1-9(10-3-7-12(18-2)8-4-10)15-13(17-14)16-11-5-6-11/h3-4,7-9,11H,5-6,14H2,1-2H3,(H2,15,16,17). The molecule has 1 aliphatic rings. The van der Waals surface area contributed by atoms with Gasteiger partial charge in [0, 0.05) is 0 Å². The molecule has 1 aromatic rings. The third-order valence-electron chi connectivity index (χ3n) is 2.96. The van der Waals surface area contributed by atoms with Crippen LogP contribution in [0.2, 0.25) is 0 Å². The minimum Gasteiger partial charge on any atom is -0.497 e. The lowest BCUT2D eigenvalue weighted by Gasteiger charge is -2.17. The predicted octanol–water partition coefficient (Wildman–Crippen LogP) is 1.33. The van der Waals surface area contributed by atoms with Crippen molar-refractivity contribution in [1.29, 1.82) is 0 Å². The molecule has 18 heavy (non-hydrogen) atoms. The fraction of sp³-hybridized carbons (Fsp3) is 0.462. The molecule has 1 atom stereocenters. The van der Waals surface area contributed by atoms with Gasteiger partial charge < -0.3 is 10.1 Å². The minimum absolute atomic E-state index is 0.143. The molecule has 0 saturated heterocycles. The maximum Gasteiger partial charge on any atom is 0.206 e. The van der Waals surface area contributed by atoms with Crippen molar-refractivity contribution >= 4 is 5.96 Å². The molecule has 5 heteroatoms. The summed E-state index contributed by atoms with van der Waals surface area (Å²) in [6.07, 6.45) is 2.31. The summed E-state index contributed by atoms with van der Waals surface area (Å²) in [5.74, 6) is 6.97. The molecule has 1 saturated carbocycles. The van der Waals surface area contributed by atoms with Crippen LogP contribution < -0.4 is 21.3 Å². The van der Waals surface area contributed by atoms with Gasteiger partial charge in [-0.2, -0.15) is 0 Å². The highest BCUT2D eigenvalue weighted by molar-refractivity contribution is 5.80. The Morgan fingerprint density at radius 2 is 2.06 bits per heavy atom. The van der Waals surface area contributed by atoms with Crippen LogP contribution in [0.1, 0.15) is 31.4 Å². The van der Waals surface area contributed by atoms with Crippen LogP contribution >= 0.6 is 0 Å². The molecule has 0 heterocycles. The summed E-state index contributed by atoms with van der Waals surface area (Å²) in [6.45, 7) is 2.07. The first-order chi connectivity index (χ1) is 8.72. The molecule has 0 bridgehead atoms. The van der Waals surface area contributed by atoms with Gasteiger partial charge in [-0.25, -0.2) is 10.8 Å². The van der Waals surface area contributed by atoms with Crippen LogP contribution in [0.25, 0.3) is 0 Å². The van der Waals surface area contributed by atoms with Crippen molar-refractivity contribution < 1.29 is 4.74 Å². The molecule has 1 unspecified atom stereocenters. The van der Waals surface area contributed by atoms with Crippen LogP contribution in [0.15, 0.2) is 29.3 Å². The van der Waals surface area contributed by atoms with E-state index in [1.807, 2.05) is 24.3 Å². The van der Waals surface area contributed by atoms with Gasteiger partial charge in [-0.3, -0.25) is 5.43 Å². The van der Waals surface area contributed by atoms with Crippen molar-refractivity contribution in [3.05, 3.63) is 29.8 Å². The molecule has 0 spiro atoms. The maximum atomic E-state index is 5.46. The van der Waals surface area contributed by atoms with Crippen molar-refractivity contribution in [2.24, 2.45) is 10.8 Å². The van der Waals surface area contributed by atoms with E-state index in [9.17, 15) is 0 Å². The zero-order chi connectivity index (χ0) is 13.0. The van der Waals surface area contributed by atoms with Crippen LogP contribution in [-0.2, 0) is 0 Å². The quantitative estimate of drug-likeness (QED) is 0.325. The zero-order valence-electron chi connectivity index (χ0n) is 10.8. The maximum absolute atomic E-state index is 5.46. The summed E-state index contributed by atoms with van der Waals surface area (Å²) in [7, 11) is 1.66. The van der Waals surface area contributed by atoms with Crippen LogP contribution in [0.3, 0.4) is 0 Å². The lowest BCUT2D eigenvalue weighted by atomic mass is 10.1. The Kier molecular flexibility index (Phi) is 4.04. The molecular weight excluding hydrogens is 228 g/mol. The van der Waals surface area contributed by atoms with Crippen LogP contribution in [0.5, 0.6) is 5.75 Å². The number of nitrogens with zero attached hydrogens (tertiary/aromatic N) is 1. The van der Waals surface area contributed by atoms with E-state index in [0.717, 1.165) is 24.2 Å². The number of ether oxygens (including phenoxy) is 1. The smallest absolute Gasteiger partial charge is 0.206 e. The summed E-state index contributed by atoms with van der Waals surface area (Å²) >= 11 is 0. The van der Waals surface area contributed by atoms with Crippen LogP contribution in [0, 0.1) is 0 Å². The number of aliphatic imine (C=N–C) groups is 1. The van der Waals surface area contributed by atoms with Gasteiger partial charge in [-0.05, 0) is 37.5 Å². The number of methoxy groups -OCH3 is 1. The molecule has 1 aliphatic carbocycles. The normalized spacial score (nSPS) is 17.2. The van der Waals surface area contributed by atoms with E-state index in [1.54, 1.807) is 7.11 Å². The summed E-state index contributed by atoms with van der Waals surface area (Å²) < 4.78 is 5.14. The van der Waals surface area contributed by atoms with Crippen LogP contribution in [0.4, 0.5) is 0 Å². The van der Waals surface area contributed by atoms with E-state index >= 15 is 0 Å². The van der Waals surface area contributed by atoms with E-state index in [1.165, 1.54) is 0 Å². The monoisotopic (exact) mass is 248 g/mol. The number of hydrazine groups is 1. The topological polar surface area (TPSA) is 71.7 Å². The Labute approximate surface area is 107 Å². The molecule has 98 valence electrons. The second kappa shape index (κ2) is 5.73. The molecule has 1 aromatic carbocycles. The van der Waals surface area contributed by atoms with Crippen molar-refractivity contribution in [2.45, 2.75) is 31.8 Å². The highest BCUT2D eigenvalue weighted by Gasteiger charge is 2.21. The highest BCUT2D eigenvalue weighted by atomic mass is 16.5. The van der Waals surface area contributed by atoms with Crippen molar-refractivity contribution in [3.8, 4) is 5.75 Å². The number of guanidine groups is 1. The van der Waals surface area contributed by atoms with E-state index in [-0.39, 0.29) is 6.04 Å². The number of rotatable bonds is 4. The Morgan fingerprint density at radius 1 is 1.39 bits per heavy atom. The average Bonchev–Trinajstić information content (AvgIpc) is 3.22. The van der Waals surface area contributed by atoms with Crippen LogP contribution in [-0.4, -0.2) is 19.1 Å². The van der Waals surface area contributed by atoms with E-state index in [4.69, 9.17) is 10.6 Å². The zero-order valence-corrected chi connectivity index (χ0v) is 10.8. The molecule has 0 aromatic heterocycles. The van der Waals surface area contributed by atoms with E-state index in [0.29, 0.717) is 12.0 Å². The van der Waals surface area contributed by atoms with Gasteiger partial charge in [0.05, 0.1) is 19.2 Å². The first-order valence-corrected chi connectivity index (χ1v) is 6.18. The van der Waals surface area contributed by atoms with Gasteiger partial charge in [0.15, 0.2) is 0 Å².